The van der Waals surface area contributed by atoms with E-state index in [1.807, 2.05) is 38.6 Å². The summed E-state index contributed by atoms with van der Waals surface area (Å²) >= 11 is 0. The predicted octanol–water partition coefficient (Wildman–Crippen LogP) is 2.26. The van der Waals surface area contributed by atoms with Crippen LogP contribution in [0, 0.1) is 12.3 Å². The SMILES string of the molecule is CCCn1ncc(CNC(=O)C(C)(C)C)c1C. The van der Waals surface area contributed by atoms with Gasteiger partial charge in [-0.15, -0.1) is 0 Å². The van der Waals surface area contributed by atoms with Crippen LogP contribution in [0.5, 0.6) is 0 Å². The highest BCUT2D eigenvalue weighted by atomic mass is 16.2. The maximum Gasteiger partial charge on any atom is 0.225 e. The van der Waals surface area contributed by atoms with Crippen LogP contribution in [0.3, 0.4) is 0 Å². The fraction of sp³-hybridized carbons (Fsp3) is 0.692. The van der Waals surface area contributed by atoms with Crippen LogP contribution in [0.15, 0.2) is 6.20 Å². The first-order valence-electron chi connectivity index (χ1n) is 6.16. The summed E-state index contributed by atoms with van der Waals surface area (Å²) in [5, 5.41) is 7.25. The van der Waals surface area contributed by atoms with Crippen LogP contribution in [-0.4, -0.2) is 15.7 Å². The fourth-order valence-corrected chi connectivity index (χ4v) is 1.54. The fourth-order valence-electron chi connectivity index (χ4n) is 1.54. The molecule has 0 aliphatic heterocycles. The van der Waals surface area contributed by atoms with Gasteiger partial charge in [-0.25, -0.2) is 0 Å². The molecular weight excluding hydrogens is 214 g/mol. The van der Waals surface area contributed by atoms with Crippen LogP contribution in [0.1, 0.15) is 45.4 Å². The monoisotopic (exact) mass is 237 g/mol. The van der Waals surface area contributed by atoms with E-state index < -0.39 is 0 Å². The molecule has 0 fully saturated rings. The lowest BCUT2D eigenvalue weighted by atomic mass is 9.95. The maximum absolute atomic E-state index is 11.7. The number of aryl methyl sites for hydroxylation is 1. The molecular formula is C13H23N3O. The van der Waals surface area contributed by atoms with Gasteiger partial charge in [-0.2, -0.15) is 5.10 Å². The van der Waals surface area contributed by atoms with E-state index in [1.54, 1.807) is 0 Å². The van der Waals surface area contributed by atoms with Crippen molar-refractivity contribution in [1.82, 2.24) is 15.1 Å². The Morgan fingerprint density at radius 2 is 2.12 bits per heavy atom. The summed E-state index contributed by atoms with van der Waals surface area (Å²) in [7, 11) is 0. The molecule has 0 saturated heterocycles. The minimum absolute atomic E-state index is 0.0696. The smallest absolute Gasteiger partial charge is 0.225 e. The minimum Gasteiger partial charge on any atom is -0.351 e. The maximum atomic E-state index is 11.7. The molecule has 4 heteroatoms. The number of carbonyl (C=O) groups excluding carboxylic acids is 1. The van der Waals surface area contributed by atoms with Crippen LogP contribution in [-0.2, 0) is 17.9 Å². The average molecular weight is 237 g/mol. The van der Waals surface area contributed by atoms with Gasteiger partial charge in [0.2, 0.25) is 5.91 Å². The molecule has 1 heterocycles. The molecule has 1 aromatic rings. The van der Waals surface area contributed by atoms with Crippen molar-refractivity contribution in [2.45, 2.75) is 54.1 Å². The second-order valence-corrected chi connectivity index (χ2v) is 5.41. The number of amides is 1. The van der Waals surface area contributed by atoms with Crippen molar-refractivity contribution in [1.29, 1.82) is 0 Å². The summed E-state index contributed by atoms with van der Waals surface area (Å²) in [6, 6.07) is 0. The van der Waals surface area contributed by atoms with Crippen molar-refractivity contribution in [3.05, 3.63) is 17.5 Å². The molecule has 0 radical (unpaired) electrons. The molecule has 0 unspecified atom stereocenters. The summed E-state index contributed by atoms with van der Waals surface area (Å²) < 4.78 is 1.98. The van der Waals surface area contributed by atoms with E-state index in [0.717, 1.165) is 24.2 Å². The van der Waals surface area contributed by atoms with Gasteiger partial charge in [0.05, 0.1) is 6.20 Å². The summed E-state index contributed by atoms with van der Waals surface area (Å²) in [4.78, 5) is 11.7. The number of nitrogens with one attached hydrogen (secondary N) is 1. The first-order chi connectivity index (χ1) is 7.86. The Bertz CT molecular complexity index is 388. The Hall–Kier alpha value is -1.32. The molecule has 0 aliphatic rings. The molecule has 1 amide bonds. The lowest BCUT2D eigenvalue weighted by molar-refractivity contribution is -0.128. The molecule has 0 aliphatic carbocycles. The van der Waals surface area contributed by atoms with Crippen molar-refractivity contribution >= 4 is 5.91 Å². The third kappa shape index (κ3) is 3.58. The number of carbonyl (C=O) groups is 1. The molecule has 4 nitrogen and oxygen atoms in total. The highest BCUT2D eigenvalue weighted by Crippen LogP contribution is 2.14. The first-order valence-corrected chi connectivity index (χ1v) is 6.16. The predicted molar refractivity (Wildman–Crippen MR) is 68.6 cm³/mol. The molecule has 0 atom stereocenters. The normalized spacial score (nSPS) is 11.6. The molecule has 1 rings (SSSR count). The largest absolute Gasteiger partial charge is 0.351 e. The van der Waals surface area contributed by atoms with Crippen molar-refractivity contribution in [2.24, 2.45) is 5.41 Å². The van der Waals surface area contributed by atoms with E-state index in [0.29, 0.717) is 6.54 Å². The van der Waals surface area contributed by atoms with Gasteiger partial charge in [0.15, 0.2) is 0 Å². The zero-order valence-corrected chi connectivity index (χ0v) is 11.5. The van der Waals surface area contributed by atoms with E-state index in [1.165, 1.54) is 0 Å². The number of rotatable bonds is 4. The standard InChI is InChI=1S/C13H23N3O/c1-6-7-16-10(2)11(9-15-16)8-14-12(17)13(3,4)5/h9H,6-8H2,1-5H3,(H,14,17). The van der Waals surface area contributed by atoms with Crippen LogP contribution in [0.4, 0.5) is 0 Å². The second kappa shape index (κ2) is 5.34. The van der Waals surface area contributed by atoms with Gasteiger partial charge in [-0.1, -0.05) is 27.7 Å². The highest BCUT2D eigenvalue weighted by molar-refractivity contribution is 5.81. The highest BCUT2D eigenvalue weighted by Gasteiger charge is 2.21. The molecule has 96 valence electrons. The molecule has 0 spiro atoms. The summed E-state index contributed by atoms with van der Waals surface area (Å²) in [6.07, 6.45) is 2.91. The number of hydrogen-bond donors (Lipinski definition) is 1. The first kappa shape index (κ1) is 13.7. The van der Waals surface area contributed by atoms with Gasteiger partial charge in [0.25, 0.3) is 0 Å². The van der Waals surface area contributed by atoms with Gasteiger partial charge in [-0.05, 0) is 13.3 Å². The zero-order chi connectivity index (χ0) is 13.1. The minimum atomic E-state index is -0.340. The Kier molecular flexibility index (Phi) is 4.32. The van der Waals surface area contributed by atoms with Crippen molar-refractivity contribution < 1.29 is 4.79 Å². The zero-order valence-electron chi connectivity index (χ0n) is 11.5. The molecule has 1 N–H and O–H groups in total. The molecule has 1 aromatic heterocycles. The Morgan fingerprint density at radius 3 is 2.65 bits per heavy atom. The average Bonchev–Trinajstić information content (AvgIpc) is 2.56. The van der Waals surface area contributed by atoms with Crippen molar-refractivity contribution in [3.63, 3.8) is 0 Å². The number of aromatic nitrogens is 2. The van der Waals surface area contributed by atoms with Crippen LogP contribution in [0.2, 0.25) is 0 Å². The molecule has 0 aromatic carbocycles. The van der Waals surface area contributed by atoms with E-state index >= 15 is 0 Å². The van der Waals surface area contributed by atoms with Crippen LogP contribution >= 0.6 is 0 Å². The van der Waals surface area contributed by atoms with Crippen LogP contribution < -0.4 is 5.32 Å². The van der Waals surface area contributed by atoms with Crippen molar-refractivity contribution in [3.8, 4) is 0 Å². The van der Waals surface area contributed by atoms with Gasteiger partial charge >= 0.3 is 0 Å². The number of nitrogens with zero attached hydrogens (tertiary/aromatic N) is 2. The molecule has 0 saturated carbocycles. The number of hydrogen-bond acceptors (Lipinski definition) is 2. The third-order valence-electron chi connectivity index (χ3n) is 2.76. The van der Waals surface area contributed by atoms with Crippen LogP contribution in [0.25, 0.3) is 0 Å². The van der Waals surface area contributed by atoms with Crippen molar-refractivity contribution in [2.75, 3.05) is 0 Å². The summed E-state index contributed by atoms with van der Waals surface area (Å²) in [5.74, 6) is 0.0696. The summed E-state index contributed by atoms with van der Waals surface area (Å²) in [5.41, 5.74) is 1.89. The molecule has 0 bridgehead atoms. The topological polar surface area (TPSA) is 46.9 Å². The lowest BCUT2D eigenvalue weighted by Gasteiger charge is -2.17. The van der Waals surface area contributed by atoms with Gasteiger partial charge < -0.3 is 5.32 Å². The van der Waals surface area contributed by atoms with Gasteiger partial charge in [-0.3, -0.25) is 9.48 Å². The Labute approximate surface area is 103 Å². The van der Waals surface area contributed by atoms with E-state index in [2.05, 4.69) is 17.3 Å². The summed E-state index contributed by atoms with van der Waals surface area (Å²) in [6.45, 7) is 11.4. The lowest BCUT2D eigenvalue weighted by Crippen LogP contribution is -2.34. The third-order valence-corrected chi connectivity index (χ3v) is 2.76. The van der Waals surface area contributed by atoms with Gasteiger partial charge in [0, 0.05) is 29.8 Å². The van der Waals surface area contributed by atoms with E-state index in [-0.39, 0.29) is 11.3 Å². The quantitative estimate of drug-likeness (QED) is 0.873. The Balaban J connectivity index is 2.61. The van der Waals surface area contributed by atoms with E-state index in [4.69, 9.17) is 0 Å². The second-order valence-electron chi connectivity index (χ2n) is 5.41. The Morgan fingerprint density at radius 1 is 1.47 bits per heavy atom. The van der Waals surface area contributed by atoms with E-state index in [9.17, 15) is 4.79 Å². The van der Waals surface area contributed by atoms with Gasteiger partial charge in [0.1, 0.15) is 0 Å². The molecule has 17 heavy (non-hydrogen) atoms.